The van der Waals surface area contributed by atoms with Gasteiger partial charge in [0.25, 0.3) is 0 Å². The maximum atomic E-state index is 5.38. The van der Waals surface area contributed by atoms with Crippen LogP contribution in [0, 0.1) is 6.92 Å². The number of aromatic nitrogens is 4. The van der Waals surface area contributed by atoms with Crippen LogP contribution in [0.2, 0.25) is 0 Å². The molecule has 1 N–H and O–H groups in total. The lowest BCUT2D eigenvalue weighted by atomic mass is 10.4. The van der Waals surface area contributed by atoms with Crippen molar-refractivity contribution in [1.29, 1.82) is 0 Å². The summed E-state index contributed by atoms with van der Waals surface area (Å²) in [4.78, 5) is 4.53. The second-order valence-electron chi connectivity index (χ2n) is 5.00. The Morgan fingerprint density at radius 1 is 1.29 bits per heavy atom. The van der Waals surface area contributed by atoms with Gasteiger partial charge in [-0.15, -0.1) is 0 Å². The average molecular weight is 291 g/mol. The van der Waals surface area contributed by atoms with E-state index in [1.807, 2.05) is 37.0 Å². The van der Waals surface area contributed by atoms with Gasteiger partial charge in [-0.2, -0.15) is 5.10 Å². The van der Waals surface area contributed by atoms with Crippen molar-refractivity contribution in [2.24, 2.45) is 0 Å². The zero-order valence-electron chi connectivity index (χ0n) is 13.0. The second kappa shape index (κ2) is 8.46. The van der Waals surface area contributed by atoms with Gasteiger partial charge in [-0.1, -0.05) is 0 Å². The Bertz CT molecular complexity index is 506. The molecule has 6 nitrogen and oxygen atoms in total. The molecule has 0 saturated heterocycles. The molecule has 0 aromatic carbocycles. The van der Waals surface area contributed by atoms with Crippen molar-refractivity contribution < 1.29 is 4.74 Å². The summed E-state index contributed by atoms with van der Waals surface area (Å²) in [6.07, 6.45) is 7.90. The minimum atomic E-state index is 0.779. The van der Waals surface area contributed by atoms with E-state index >= 15 is 0 Å². The van der Waals surface area contributed by atoms with E-state index in [9.17, 15) is 0 Å². The Labute approximate surface area is 126 Å². The van der Waals surface area contributed by atoms with Crippen LogP contribution in [0.4, 0.5) is 5.95 Å². The van der Waals surface area contributed by atoms with E-state index in [0.717, 1.165) is 57.3 Å². The molecule has 0 amide bonds. The first-order valence-corrected chi connectivity index (χ1v) is 7.62. The van der Waals surface area contributed by atoms with Crippen LogP contribution < -0.4 is 5.32 Å². The maximum absolute atomic E-state index is 5.38. The minimum absolute atomic E-state index is 0.779. The summed E-state index contributed by atoms with van der Waals surface area (Å²) in [6, 6.07) is 1.95. The molecule has 0 aliphatic carbocycles. The molecule has 2 aromatic rings. The lowest BCUT2D eigenvalue weighted by Gasteiger charge is -2.10. The first-order valence-electron chi connectivity index (χ1n) is 7.62. The fourth-order valence-corrected chi connectivity index (χ4v) is 2.21. The lowest BCUT2D eigenvalue weighted by molar-refractivity contribution is 0.142. The molecular formula is C15H25N5O. The molecule has 0 atom stereocenters. The van der Waals surface area contributed by atoms with Crippen LogP contribution >= 0.6 is 0 Å². The van der Waals surface area contributed by atoms with Gasteiger partial charge in [0.1, 0.15) is 0 Å². The zero-order valence-corrected chi connectivity index (χ0v) is 13.0. The summed E-state index contributed by atoms with van der Waals surface area (Å²) in [6.45, 7) is 8.37. The van der Waals surface area contributed by atoms with Crippen LogP contribution in [0.5, 0.6) is 0 Å². The molecule has 0 bridgehead atoms. The third-order valence-corrected chi connectivity index (χ3v) is 3.20. The summed E-state index contributed by atoms with van der Waals surface area (Å²) in [5, 5.41) is 7.60. The predicted octanol–water partition coefficient (Wildman–Crippen LogP) is 2.32. The molecule has 0 aliphatic heterocycles. The molecule has 0 unspecified atom stereocenters. The van der Waals surface area contributed by atoms with Gasteiger partial charge in [-0.3, -0.25) is 4.68 Å². The Kier molecular flexibility index (Phi) is 6.27. The van der Waals surface area contributed by atoms with E-state index in [1.54, 1.807) is 0 Å². The highest BCUT2D eigenvalue weighted by atomic mass is 16.5. The molecule has 2 aromatic heterocycles. The first-order chi connectivity index (χ1) is 10.3. The highest BCUT2D eigenvalue weighted by Crippen LogP contribution is 2.09. The van der Waals surface area contributed by atoms with Gasteiger partial charge >= 0.3 is 0 Å². The number of nitrogens with one attached hydrogen (secondary N) is 1. The quantitative estimate of drug-likeness (QED) is 0.683. The fourth-order valence-electron chi connectivity index (χ4n) is 2.21. The molecule has 6 heteroatoms. The van der Waals surface area contributed by atoms with E-state index in [4.69, 9.17) is 4.74 Å². The van der Waals surface area contributed by atoms with Crippen molar-refractivity contribution in [3.63, 3.8) is 0 Å². The summed E-state index contributed by atoms with van der Waals surface area (Å²) in [7, 11) is 0. The van der Waals surface area contributed by atoms with Crippen molar-refractivity contribution in [2.45, 2.75) is 39.8 Å². The van der Waals surface area contributed by atoms with Crippen LogP contribution in [0.25, 0.3) is 0 Å². The summed E-state index contributed by atoms with van der Waals surface area (Å²) in [5.74, 6) is 0.949. The minimum Gasteiger partial charge on any atom is -0.382 e. The molecule has 0 fully saturated rings. The van der Waals surface area contributed by atoms with Gasteiger partial charge in [0.2, 0.25) is 5.95 Å². The third kappa shape index (κ3) is 5.23. The SMILES string of the molecule is CCOCCCn1cc(C)nc1NCCCn1cccn1. The van der Waals surface area contributed by atoms with E-state index in [-0.39, 0.29) is 0 Å². The number of aryl methyl sites for hydroxylation is 3. The van der Waals surface area contributed by atoms with Crippen LogP contribution in [0.15, 0.2) is 24.7 Å². The van der Waals surface area contributed by atoms with Gasteiger partial charge in [-0.25, -0.2) is 4.98 Å². The van der Waals surface area contributed by atoms with E-state index in [0.29, 0.717) is 0 Å². The molecule has 2 rings (SSSR count). The number of ether oxygens (including phenoxy) is 1. The number of rotatable bonds is 10. The Hall–Kier alpha value is -1.82. The number of hydrogen-bond acceptors (Lipinski definition) is 4. The van der Waals surface area contributed by atoms with Crippen molar-refractivity contribution in [3.05, 3.63) is 30.4 Å². The van der Waals surface area contributed by atoms with Crippen molar-refractivity contribution in [3.8, 4) is 0 Å². The van der Waals surface area contributed by atoms with Gasteiger partial charge in [0.15, 0.2) is 0 Å². The normalized spacial score (nSPS) is 11.0. The summed E-state index contributed by atoms with van der Waals surface area (Å²) < 4.78 is 9.49. The Morgan fingerprint density at radius 2 is 2.19 bits per heavy atom. The van der Waals surface area contributed by atoms with Crippen LogP contribution in [0.1, 0.15) is 25.5 Å². The topological polar surface area (TPSA) is 56.9 Å². The molecule has 0 spiro atoms. The number of anilines is 1. The summed E-state index contributed by atoms with van der Waals surface area (Å²) >= 11 is 0. The number of imidazole rings is 1. The Morgan fingerprint density at radius 3 is 2.95 bits per heavy atom. The van der Waals surface area contributed by atoms with Gasteiger partial charge in [-0.05, 0) is 32.8 Å². The highest BCUT2D eigenvalue weighted by molar-refractivity contribution is 5.28. The molecule has 21 heavy (non-hydrogen) atoms. The highest BCUT2D eigenvalue weighted by Gasteiger charge is 2.04. The zero-order chi connectivity index (χ0) is 14.9. The monoisotopic (exact) mass is 291 g/mol. The average Bonchev–Trinajstić information content (AvgIpc) is 3.10. The molecule has 0 saturated carbocycles. The first kappa shape index (κ1) is 15.6. The van der Waals surface area contributed by atoms with Crippen LogP contribution in [-0.2, 0) is 17.8 Å². The second-order valence-corrected chi connectivity index (χ2v) is 5.00. The molecule has 0 aliphatic rings. The van der Waals surface area contributed by atoms with Crippen molar-refractivity contribution >= 4 is 5.95 Å². The predicted molar refractivity (Wildman–Crippen MR) is 83.4 cm³/mol. The van der Waals surface area contributed by atoms with E-state index in [2.05, 4.69) is 26.2 Å². The number of nitrogens with zero attached hydrogens (tertiary/aromatic N) is 4. The van der Waals surface area contributed by atoms with Crippen molar-refractivity contribution in [1.82, 2.24) is 19.3 Å². The molecule has 2 heterocycles. The fraction of sp³-hybridized carbons (Fsp3) is 0.600. The molecule has 116 valence electrons. The maximum Gasteiger partial charge on any atom is 0.203 e. The number of hydrogen-bond donors (Lipinski definition) is 1. The molecular weight excluding hydrogens is 266 g/mol. The third-order valence-electron chi connectivity index (χ3n) is 3.20. The van der Waals surface area contributed by atoms with Crippen LogP contribution in [-0.4, -0.2) is 39.1 Å². The van der Waals surface area contributed by atoms with Crippen LogP contribution in [0.3, 0.4) is 0 Å². The van der Waals surface area contributed by atoms with Crippen molar-refractivity contribution in [2.75, 3.05) is 25.1 Å². The smallest absolute Gasteiger partial charge is 0.203 e. The standard InChI is InChI=1S/C15H25N5O/c1-3-21-12-6-9-19-13-14(2)18-15(19)16-7-4-10-20-11-5-8-17-20/h5,8,11,13H,3-4,6-7,9-10,12H2,1-2H3,(H,16,18). The largest absolute Gasteiger partial charge is 0.382 e. The summed E-state index contributed by atoms with van der Waals surface area (Å²) in [5.41, 5.74) is 1.04. The molecule has 0 radical (unpaired) electrons. The van der Waals surface area contributed by atoms with E-state index < -0.39 is 0 Å². The Balaban J connectivity index is 1.73. The lowest BCUT2D eigenvalue weighted by Crippen LogP contribution is -2.12. The van der Waals surface area contributed by atoms with Gasteiger partial charge in [0, 0.05) is 51.4 Å². The van der Waals surface area contributed by atoms with E-state index in [1.165, 1.54) is 0 Å². The van der Waals surface area contributed by atoms with Gasteiger partial charge < -0.3 is 14.6 Å². The van der Waals surface area contributed by atoms with Gasteiger partial charge in [0.05, 0.1) is 5.69 Å².